The molecule has 5 atom stereocenters. The molecule has 3 saturated heterocycles. The summed E-state index contributed by atoms with van der Waals surface area (Å²) in [6.45, 7) is 6.24. The van der Waals surface area contributed by atoms with Crippen LogP contribution in [0.5, 0.6) is 0 Å². The van der Waals surface area contributed by atoms with E-state index in [1.807, 2.05) is 42.7 Å². The summed E-state index contributed by atoms with van der Waals surface area (Å²) in [6, 6.07) is 17.6. The number of piperazine rings is 1. The second-order valence-corrected chi connectivity index (χ2v) is 14.6. The molecule has 1 spiro atoms. The van der Waals surface area contributed by atoms with E-state index >= 15 is 0 Å². The number of rotatable bonds is 11. The first kappa shape index (κ1) is 32.4. The zero-order chi connectivity index (χ0) is 32.4. The molecule has 2 aromatic carbocycles. The Kier molecular flexibility index (Phi) is 9.73. The molecule has 1 saturated carbocycles. The first-order valence-electron chi connectivity index (χ1n) is 17.4. The molecule has 3 amide bonds. The average Bonchev–Trinajstić information content (AvgIpc) is 3.74. The van der Waals surface area contributed by atoms with Crippen molar-refractivity contribution >= 4 is 35.2 Å². The van der Waals surface area contributed by atoms with Crippen LogP contribution in [-0.4, -0.2) is 102 Å². The minimum Gasteiger partial charge on any atom is -0.359 e. The Morgan fingerprint density at radius 1 is 0.936 bits per heavy atom. The lowest BCUT2D eigenvalue weighted by Crippen LogP contribution is -2.56. The molecule has 10 heteroatoms. The molecule has 7 rings (SSSR count). The molecule has 9 nitrogen and oxygen atoms in total. The van der Waals surface area contributed by atoms with Crippen LogP contribution in [0.4, 0.5) is 5.69 Å². The van der Waals surface area contributed by atoms with E-state index < -0.39 is 29.6 Å². The SMILES string of the molecule is CSc1cccc(NC(=O)[C@H]2[C@@H]3C=C[C@]4(O3)[C@@H]2C(=O)N(CCCN2CCN(Cc3ccccc3)CC2)[C@H]4C(=O)NC2CCCCC2)c1. The lowest BCUT2D eigenvalue weighted by molar-refractivity contribution is -0.141. The fourth-order valence-electron chi connectivity index (χ4n) is 8.44. The highest BCUT2D eigenvalue weighted by Crippen LogP contribution is 2.55. The number of nitrogens with one attached hydrogen (secondary N) is 2. The first-order valence-corrected chi connectivity index (χ1v) is 18.6. The van der Waals surface area contributed by atoms with Crippen LogP contribution in [0.2, 0.25) is 0 Å². The van der Waals surface area contributed by atoms with Crippen molar-refractivity contribution < 1.29 is 19.1 Å². The van der Waals surface area contributed by atoms with Gasteiger partial charge in [0.05, 0.1) is 17.9 Å². The van der Waals surface area contributed by atoms with Crippen molar-refractivity contribution in [2.75, 3.05) is 50.8 Å². The number of ether oxygens (including phenoxy) is 1. The molecular weight excluding hydrogens is 611 g/mol. The number of anilines is 1. The van der Waals surface area contributed by atoms with Crippen molar-refractivity contribution in [3.8, 4) is 0 Å². The summed E-state index contributed by atoms with van der Waals surface area (Å²) in [5, 5.41) is 6.35. The highest BCUT2D eigenvalue weighted by molar-refractivity contribution is 7.98. The fourth-order valence-corrected chi connectivity index (χ4v) is 8.90. The molecule has 4 fully saturated rings. The second kappa shape index (κ2) is 14.1. The number of carbonyl (C=O) groups is 3. The van der Waals surface area contributed by atoms with Crippen LogP contribution in [0.3, 0.4) is 0 Å². The van der Waals surface area contributed by atoms with Crippen LogP contribution in [0.25, 0.3) is 0 Å². The Labute approximate surface area is 282 Å². The molecule has 0 aromatic heterocycles. The van der Waals surface area contributed by atoms with Gasteiger partial charge in [-0.05, 0) is 55.8 Å². The zero-order valence-electron chi connectivity index (χ0n) is 27.3. The third kappa shape index (κ3) is 6.62. The maximum atomic E-state index is 14.4. The van der Waals surface area contributed by atoms with E-state index in [2.05, 4.69) is 50.8 Å². The van der Waals surface area contributed by atoms with Crippen molar-refractivity contribution in [1.82, 2.24) is 20.0 Å². The van der Waals surface area contributed by atoms with E-state index in [0.29, 0.717) is 12.2 Å². The molecule has 47 heavy (non-hydrogen) atoms. The van der Waals surface area contributed by atoms with Crippen LogP contribution in [0, 0.1) is 11.8 Å². The predicted molar refractivity (Wildman–Crippen MR) is 184 cm³/mol. The number of likely N-dealkylation sites (tertiary alicyclic amines) is 1. The van der Waals surface area contributed by atoms with Crippen LogP contribution in [0.1, 0.15) is 44.1 Å². The molecule has 1 aliphatic carbocycles. The van der Waals surface area contributed by atoms with E-state index in [1.165, 1.54) is 12.0 Å². The molecule has 250 valence electrons. The number of carbonyl (C=O) groups excluding carboxylic acids is 3. The third-order valence-electron chi connectivity index (χ3n) is 10.8. The summed E-state index contributed by atoms with van der Waals surface area (Å²) < 4.78 is 6.57. The van der Waals surface area contributed by atoms with E-state index in [1.54, 1.807) is 16.7 Å². The summed E-state index contributed by atoms with van der Waals surface area (Å²) in [5.74, 6) is -1.96. The van der Waals surface area contributed by atoms with E-state index in [-0.39, 0.29) is 23.8 Å². The lowest BCUT2D eigenvalue weighted by atomic mass is 9.74. The van der Waals surface area contributed by atoms with Crippen molar-refractivity contribution in [3.63, 3.8) is 0 Å². The van der Waals surface area contributed by atoms with Gasteiger partial charge in [0, 0.05) is 55.9 Å². The molecule has 0 radical (unpaired) electrons. The molecule has 4 heterocycles. The molecule has 0 unspecified atom stereocenters. The van der Waals surface area contributed by atoms with E-state index in [0.717, 1.165) is 76.3 Å². The van der Waals surface area contributed by atoms with Gasteiger partial charge in [-0.2, -0.15) is 0 Å². The van der Waals surface area contributed by atoms with Gasteiger partial charge in [-0.15, -0.1) is 11.8 Å². The van der Waals surface area contributed by atoms with Gasteiger partial charge < -0.3 is 25.2 Å². The Hall–Kier alpha value is -3.18. The van der Waals surface area contributed by atoms with Gasteiger partial charge >= 0.3 is 0 Å². The Morgan fingerprint density at radius 2 is 1.70 bits per heavy atom. The number of fused-ring (bicyclic) bond motifs is 1. The van der Waals surface area contributed by atoms with E-state index in [9.17, 15) is 14.4 Å². The largest absolute Gasteiger partial charge is 0.359 e. The summed E-state index contributed by atoms with van der Waals surface area (Å²) in [6.07, 6.45) is 11.3. The maximum Gasteiger partial charge on any atom is 0.246 e. The van der Waals surface area contributed by atoms with Gasteiger partial charge in [-0.1, -0.05) is 67.8 Å². The highest BCUT2D eigenvalue weighted by Gasteiger charge is 2.72. The second-order valence-electron chi connectivity index (χ2n) is 13.8. The zero-order valence-corrected chi connectivity index (χ0v) is 28.1. The molecule has 2 bridgehead atoms. The fraction of sp³-hybridized carbons (Fsp3) is 0.541. The summed E-state index contributed by atoms with van der Waals surface area (Å²) in [4.78, 5) is 50.1. The molecule has 4 aliphatic heterocycles. The standard InChI is InChI=1S/C37H47N5O4S/c1-47-29-15-8-14-28(24-29)39-34(43)31-30-16-17-37(46-30)32(31)36(45)42(33(37)35(44)38-27-12-6-3-7-13-27)19-9-18-40-20-22-41(23-21-40)25-26-10-4-2-5-11-26/h2,4-5,8,10-11,14-17,24,27,30-33H,3,6-7,9,12-13,18-23,25H2,1H3,(H,38,44)(H,39,43)/t30-,31-,32-,33-,37-/m0/s1. The minimum absolute atomic E-state index is 0.112. The summed E-state index contributed by atoms with van der Waals surface area (Å²) >= 11 is 1.61. The van der Waals surface area contributed by atoms with Gasteiger partial charge in [0.1, 0.15) is 11.6 Å². The number of thioether (sulfide) groups is 1. The van der Waals surface area contributed by atoms with Crippen LogP contribution in [0.15, 0.2) is 71.6 Å². The molecule has 2 aromatic rings. The van der Waals surface area contributed by atoms with Gasteiger partial charge in [-0.25, -0.2) is 0 Å². The van der Waals surface area contributed by atoms with Crippen molar-refractivity contribution in [2.24, 2.45) is 11.8 Å². The Bertz CT molecular complexity index is 1470. The monoisotopic (exact) mass is 657 g/mol. The number of nitrogens with zero attached hydrogens (tertiary/aromatic N) is 3. The maximum absolute atomic E-state index is 14.4. The number of hydrogen-bond acceptors (Lipinski definition) is 7. The van der Waals surface area contributed by atoms with Crippen molar-refractivity contribution in [3.05, 3.63) is 72.3 Å². The van der Waals surface area contributed by atoms with Gasteiger partial charge in [0.2, 0.25) is 17.7 Å². The number of hydrogen-bond donors (Lipinski definition) is 2. The average molecular weight is 658 g/mol. The highest BCUT2D eigenvalue weighted by atomic mass is 32.2. The van der Waals surface area contributed by atoms with Crippen molar-refractivity contribution in [2.45, 2.75) is 73.8 Å². The quantitative estimate of drug-likeness (QED) is 0.277. The number of benzene rings is 2. The first-order chi connectivity index (χ1) is 22.9. The van der Waals surface area contributed by atoms with Crippen LogP contribution < -0.4 is 10.6 Å². The Morgan fingerprint density at radius 3 is 2.47 bits per heavy atom. The van der Waals surface area contributed by atoms with Gasteiger partial charge in [-0.3, -0.25) is 19.3 Å². The predicted octanol–water partition coefficient (Wildman–Crippen LogP) is 4.15. The summed E-state index contributed by atoms with van der Waals surface area (Å²) in [5.41, 5.74) is 0.898. The molecular formula is C37H47N5O4S. The van der Waals surface area contributed by atoms with Gasteiger partial charge in [0.25, 0.3) is 0 Å². The topological polar surface area (TPSA) is 94.2 Å². The lowest BCUT2D eigenvalue weighted by Gasteiger charge is -2.36. The minimum atomic E-state index is -1.13. The molecule has 5 aliphatic rings. The van der Waals surface area contributed by atoms with Crippen molar-refractivity contribution in [1.29, 1.82) is 0 Å². The van der Waals surface area contributed by atoms with Crippen LogP contribution >= 0.6 is 11.8 Å². The van der Waals surface area contributed by atoms with E-state index in [4.69, 9.17) is 4.74 Å². The molecule has 2 N–H and O–H groups in total. The number of amides is 3. The third-order valence-corrected chi connectivity index (χ3v) is 11.5. The summed E-state index contributed by atoms with van der Waals surface area (Å²) in [7, 11) is 0. The Balaban J connectivity index is 1.04. The normalized spacial score (nSPS) is 29.3. The smallest absolute Gasteiger partial charge is 0.246 e. The van der Waals surface area contributed by atoms with Gasteiger partial charge in [0.15, 0.2) is 0 Å². The van der Waals surface area contributed by atoms with Crippen LogP contribution in [-0.2, 0) is 25.7 Å².